The zero-order chi connectivity index (χ0) is 18.0. The highest BCUT2D eigenvalue weighted by Gasteiger charge is 2.29. The standard InChI is InChI=1S/C18H21N3O4/c1-11(2)16-19-15(20-25-16)14-7-4-8-21(10-14)17(22)12-5-3-6-13(9-12)18(23)24/h3,5-6,9,11,14H,4,7-8,10H2,1-2H3,(H,23,24). The Morgan fingerprint density at radius 3 is 2.76 bits per heavy atom. The Morgan fingerprint density at radius 2 is 2.08 bits per heavy atom. The molecule has 0 saturated carbocycles. The third kappa shape index (κ3) is 3.70. The summed E-state index contributed by atoms with van der Waals surface area (Å²) in [5, 5.41) is 13.2. The van der Waals surface area contributed by atoms with Gasteiger partial charge in [-0.1, -0.05) is 25.1 Å². The molecular weight excluding hydrogens is 322 g/mol. The van der Waals surface area contributed by atoms with Crippen molar-refractivity contribution in [1.29, 1.82) is 0 Å². The van der Waals surface area contributed by atoms with Crippen LogP contribution in [0.3, 0.4) is 0 Å². The van der Waals surface area contributed by atoms with Gasteiger partial charge in [0.2, 0.25) is 5.89 Å². The van der Waals surface area contributed by atoms with E-state index in [0.717, 1.165) is 12.8 Å². The second-order valence-electron chi connectivity index (χ2n) is 6.62. The van der Waals surface area contributed by atoms with E-state index < -0.39 is 5.97 Å². The first-order chi connectivity index (χ1) is 12.0. The number of rotatable bonds is 4. The van der Waals surface area contributed by atoms with Crippen molar-refractivity contribution in [2.75, 3.05) is 13.1 Å². The molecule has 0 radical (unpaired) electrons. The van der Waals surface area contributed by atoms with Gasteiger partial charge in [-0.15, -0.1) is 0 Å². The lowest BCUT2D eigenvalue weighted by atomic mass is 9.96. The van der Waals surface area contributed by atoms with Crippen molar-refractivity contribution >= 4 is 11.9 Å². The summed E-state index contributed by atoms with van der Waals surface area (Å²) in [6.07, 6.45) is 1.75. The van der Waals surface area contributed by atoms with E-state index in [0.29, 0.717) is 30.4 Å². The molecule has 7 heteroatoms. The minimum Gasteiger partial charge on any atom is -0.478 e. The minimum absolute atomic E-state index is 0.0385. The molecule has 2 aromatic rings. The molecule has 25 heavy (non-hydrogen) atoms. The molecule has 1 fully saturated rings. The molecule has 1 unspecified atom stereocenters. The normalized spacial score (nSPS) is 17.7. The number of nitrogens with zero attached hydrogens (tertiary/aromatic N) is 3. The Labute approximate surface area is 145 Å². The average molecular weight is 343 g/mol. The lowest BCUT2D eigenvalue weighted by molar-refractivity contribution is 0.0697. The molecule has 1 aromatic carbocycles. The van der Waals surface area contributed by atoms with Crippen molar-refractivity contribution < 1.29 is 19.2 Å². The summed E-state index contributed by atoms with van der Waals surface area (Å²) in [5.74, 6) is 0.241. The molecule has 1 atom stereocenters. The number of carboxylic acid groups (broad SMARTS) is 1. The number of aromatic carboxylic acids is 1. The molecule has 0 spiro atoms. The van der Waals surface area contributed by atoms with Gasteiger partial charge in [0.05, 0.1) is 5.56 Å². The summed E-state index contributed by atoms with van der Waals surface area (Å²) < 4.78 is 5.27. The van der Waals surface area contributed by atoms with Crippen LogP contribution in [0.2, 0.25) is 0 Å². The maximum Gasteiger partial charge on any atom is 0.335 e. The number of benzene rings is 1. The average Bonchev–Trinajstić information content (AvgIpc) is 3.12. The van der Waals surface area contributed by atoms with Crippen LogP contribution in [0.5, 0.6) is 0 Å². The third-order valence-electron chi connectivity index (χ3n) is 4.38. The molecule has 1 aromatic heterocycles. The van der Waals surface area contributed by atoms with E-state index in [2.05, 4.69) is 10.1 Å². The number of aromatic nitrogens is 2. The summed E-state index contributed by atoms with van der Waals surface area (Å²) in [7, 11) is 0. The van der Waals surface area contributed by atoms with Gasteiger partial charge in [0.1, 0.15) is 0 Å². The SMILES string of the molecule is CC(C)c1nc(C2CCCN(C(=O)c3cccc(C(=O)O)c3)C2)no1. The lowest BCUT2D eigenvalue weighted by Crippen LogP contribution is -2.39. The first-order valence-corrected chi connectivity index (χ1v) is 8.42. The van der Waals surface area contributed by atoms with E-state index in [-0.39, 0.29) is 23.3 Å². The number of likely N-dealkylation sites (tertiary alicyclic amines) is 1. The van der Waals surface area contributed by atoms with Crippen molar-refractivity contribution in [1.82, 2.24) is 15.0 Å². The fraction of sp³-hybridized carbons (Fsp3) is 0.444. The Bertz CT molecular complexity index is 784. The molecule has 0 bridgehead atoms. The van der Waals surface area contributed by atoms with E-state index in [9.17, 15) is 9.59 Å². The van der Waals surface area contributed by atoms with E-state index in [4.69, 9.17) is 9.63 Å². The van der Waals surface area contributed by atoms with Crippen LogP contribution in [0.4, 0.5) is 0 Å². The predicted octanol–water partition coefficient (Wildman–Crippen LogP) is 2.91. The number of carbonyl (C=O) groups is 2. The number of hydrogen-bond acceptors (Lipinski definition) is 5. The Morgan fingerprint density at radius 1 is 1.32 bits per heavy atom. The molecule has 1 aliphatic rings. The Balaban J connectivity index is 1.75. The third-order valence-corrected chi connectivity index (χ3v) is 4.38. The van der Waals surface area contributed by atoms with Gasteiger partial charge in [-0.05, 0) is 31.0 Å². The van der Waals surface area contributed by atoms with E-state index in [1.165, 1.54) is 12.1 Å². The van der Waals surface area contributed by atoms with Gasteiger partial charge in [-0.25, -0.2) is 4.79 Å². The molecule has 2 heterocycles. The molecule has 7 nitrogen and oxygen atoms in total. The Hall–Kier alpha value is -2.70. The quantitative estimate of drug-likeness (QED) is 0.917. The van der Waals surface area contributed by atoms with Gasteiger partial charge in [-0.3, -0.25) is 4.79 Å². The topological polar surface area (TPSA) is 96.5 Å². The number of carbonyl (C=O) groups excluding carboxylic acids is 1. The molecule has 3 rings (SSSR count). The number of hydrogen-bond donors (Lipinski definition) is 1. The van der Waals surface area contributed by atoms with Crippen LogP contribution < -0.4 is 0 Å². The summed E-state index contributed by atoms with van der Waals surface area (Å²) in [4.78, 5) is 30.0. The zero-order valence-electron chi connectivity index (χ0n) is 14.3. The molecular formula is C18H21N3O4. The van der Waals surface area contributed by atoms with Gasteiger partial charge in [0.25, 0.3) is 5.91 Å². The monoisotopic (exact) mass is 343 g/mol. The van der Waals surface area contributed by atoms with E-state index >= 15 is 0 Å². The second-order valence-corrected chi connectivity index (χ2v) is 6.62. The molecule has 1 aliphatic heterocycles. The first kappa shape index (κ1) is 17.1. The van der Waals surface area contributed by atoms with Gasteiger partial charge >= 0.3 is 5.97 Å². The van der Waals surface area contributed by atoms with Crippen molar-refractivity contribution in [2.45, 2.75) is 38.5 Å². The van der Waals surface area contributed by atoms with Crippen LogP contribution in [-0.4, -0.2) is 45.1 Å². The predicted molar refractivity (Wildman–Crippen MR) is 89.7 cm³/mol. The largest absolute Gasteiger partial charge is 0.478 e. The number of carboxylic acids is 1. The maximum atomic E-state index is 12.7. The van der Waals surface area contributed by atoms with Crippen LogP contribution in [0.15, 0.2) is 28.8 Å². The summed E-state index contributed by atoms with van der Waals surface area (Å²) in [6.45, 7) is 5.13. The van der Waals surface area contributed by atoms with Crippen LogP contribution in [0.25, 0.3) is 0 Å². The molecule has 1 N–H and O–H groups in total. The van der Waals surface area contributed by atoms with Crippen molar-refractivity contribution in [2.24, 2.45) is 0 Å². The fourth-order valence-electron chi connectivity index (χ4n) is 2.99. The molecule has 0 aliphatic carbocycles. The summed E-state index contributed by atoms with van der Waals surface area (Å²) in [6, 6.07) is 6.13. The summed E-state index contributed by atoms with van der Waals surface area (Å²) >= 11 is 0. The van der Waals surface area contributed by atoms with Gasteiger partial charge in [0.15, 0.2) is 5.82 Å². The van der Waals surface area contributed by atoms with Crippen molar-refractivity contribution in [3.05, 3.63) is 47.1 Å². The minimum atomic E-state index is -1.04. The van der Waals surface area contributed by atoms with Crippen LogP contribution in [0, 0.1) is 0 Å². The van der Waals surface area contributed by atoms with Crippen molar-refractivity contribution in [3.63, 3.8) is 0 Å². The van der Waals surface area contributed by atoms with E-state index in [1.807, 2.05) is 13.8 Å². The van der Waals surface area contributed by atoms with Crippen LogP contribution in [-0.2, 0) is 0 Å². The summed E-state index contributed by atoms with van der Waals surface area (Å²) in [5.41, 5.74) is 0.496. The molecule has 1 saturated heterocycles. The maximum absolute atomic E-state index is 12.7. The lowest BCUT2D eigenvalue weighted by Gasteiger charge is -2.31. The van der Waals surface area contributed by atoms with Gasteiger partial charge < -0.3 is 14.5 Å². The molecule has 132 valence electrons. The Kier molecular flexibility index (Phi) is 4.83. The van der Waals surface area contributed by atoms with Gasteiger partial charge in [0, 0.05) is 30.5 Å². The zero-order valence-corrected chi connectivity index (χ0v) is 14.3. The number of amides is 1. The smallest absolute Gasteiger partial charge is 0.335 e. The van der Waals surface area contributed by atoms with Gasteiger partial charge in [-0.2, -0.15) is 4.98 Å². The van der Waals surface area contributed by atoms with Crippen molar-refractivity contribution in [3.8, 4) is 0 Å². The second kappa shape index (κ2) is 7.04. The van der Waals surface area contributed by atoms with Crippen LogP contribution in [0.1, 0.15) is 71.0 Å². The van der Waals surface area contributed by atoms with Crippen LogP contribution >= 0.6 is 0 Å². The van der Waals surface area contributed by atoms with E-state index in [1.54, 1.807) is 17.0 Å². The highest BCUT2D eigenvalue weighted by molar-refractivity contribution is 5.97. The number of piperidine rings is 1. The molecule has 1 amide bonds. The highest BCUT2D eigenvalue weighted by atomic mass is 16.5. The fourth-order valence-corrected chi connectivity index (χ4v) is 2.99. The first-order valence-electron chi connectivity index (χ1n) is 8.42. The highest BCUT2D eigenvalue weighted by Crippen LogP contribution is 2.27.